The molecule has 0 spiro atoms. The monoisotopic (exact) mass is 242 g/mol. The number of rotatable bonds is 2. The van der Waals surface area contributed by atoms with Crippen LogP contribution in [-0.4, -0.2) is 20.9 Å². The number of hydrogen-bond acceptors (Lipinski definition) is 2. The lowest BCUT2D eigenvalue weighted by atomic mass is 10.3. The van der Waals surface area contributed by atoms with Crippen LogP contribution in [0.3, 0.4) is 0 Å². The Labute approximate surface area is 92.9 Å². The van der Waals surface area contributed by atoms with E-state index in [0.717, 1.165) is 22.9 Å². The first kappa shape index (κ1) is 11.2. The van der Waals surface area contributed by atoms with Crippen LogP contribution in [0.1, 0.15) is 10.5 Å². The molecule has 0 amide bonds. The molecule has 0 atom stereocenters. The van der Waals surface area contributed by atoms with Gasteiger partial charge in [0.25, 0.3) is 0 Å². The number of carboxylic acid groups (broad SMARTS) is 1. The number of halogens is 3. The van der Waals surface area contributed by atoms with Crippen LogP contribution in [0.5, 0.6) is 0 Å². The van der Waals surface area contributed by atoms with Gasteiger partial charge in [0, 0.05) is 18.3 Å². The molecule has 0 fully saturated rings. The lowest BCUT2D eigenvalue weighted by molar-refractivity contribution is 0.0690. The Morgan fingerprint density at radius 3 is 2.29 bits per heavy atom. The maximum atomic E-state index is 12.9. The van der Waals surface area contributed by atoms with Gasteiger partial charge in [0.2, 0.25) is 0 Å². The summed E-state index contributed by atoms with van der Waals surface area (Å²) in [4.78, 5) is 10.5. The number of aromatic nitrogens is 2. The topological polar surface area (TPSA) is 55.1 Å². The summed E-state index contributed by atoms with van der Waals surface area (Å²) in [6.45, 7) is 0. The Hall–Kier alpha value is -2.31. The fourth-order valence-electron chi connectivity index (χ4n) is 1.26. The van der Waals surface area contributed by atoms with Crippen LogP contribution in [-0.2, 0) is 0 Å². The summed E-state index contributed by atoms with van der Waals surface area (Å²) in [6.07, 6.45) is 1.20. The van der Waals surface area contributed by atoms with Crippen molar-refractivity contribution in [1.29, 1.82) is 0 Å². The van der Waals surface area contributed by atoms with Crippen molar-refractivity contribution < 1.29 is 23.1 Å². The zero-order valence-electron chi connectivity index (χ0n) is 8.19. The van der Waals surface area contributed by atoms with Gasteiger partial charge in [0.05, 0.1) is 5.69 Å². The molecule has 1 heterocycles. The average Bonchev–Trinajstić information content (AvgIpc) is 2.74. The van der Waals surface area contributed by atoms with Gasteiger partial charge in [-0.2, -0.15) is 5.10 Å². The van der Waals surface area contributed by atoms with Gasteiger partial charge in [0.15, 0.2) is 23.1 Å². The van der Waals surface area contributed by atoms with E-state index in [0.29, 0.717) is 0 Å². The fourth-order valence-corrected chi connectivity index (χ4v) is 1.26. The maximum Gasteiger partial charge on any atom is 0.356 e. The van der Waals surface area contributed by atoms with Crippen LogP contribution in [0.4, 0.5) is 13.2 Å². The molecule has 0 unspecified atom stereocenters. The van der Waals surface area contributed by atoms with Crippen molar-refractivity contribution in [3.63, 3.8) is 0 Å². The SMILES string of the molecule is O=C(O)c1ccn(-c2cc(F)c(F)c(F)c2)n1. The first-order chi connectivity index (χ1) is 7.99. The van der Waals surface area contributed by atoms with E-state index in [9.17, 15) is 18.0 Å². The second-order valence-electron chi connectivity index (χ2n) is 3.17. The highest BCUT2D eigenvalue weighted by Crippen LogP contribution is 2.16. The highest BCUT2D eigenvalue weighted by Gasteiger charge is 2.13. The normalized spacial score (nSPS) is 10.5. The van der Waals surface area contributed by atoms with Crippen LogP contribution in [0, 0.1) is 17.5 Å². The van der Waals surface area contributed by atoms with Crippen LogP contribution < -0.4 is 0 Å². The molecular formula is C10H5F3N2O2. The molecule has 0 saturated heterocycles. The summed E-state index contributed by atoms with van der Waals surface area (Å²) in [5.41, 5.74) is -0.385. The summed E-state index contributed by atoms with van der Waals surface area (Å²) in [7, 11) is 0. The minimum absolute atomic E-state index is 0.103. The van der Waals surface area contributed by atoms with Crippen LogP contribution in [0.2, 0.25) is 0 Å². The molecule has 2 aromatic rings. The largest absolute Gasteiger partial charge is 0.476 e. The number of aromatic carboxylic acids is 1. The van der Waals surface area contributed by atoms with Gasteiger partial charge < -0.3 is 5.11 Å². The van der Waals surface area contributed by atoms with Gasteiger partial charge >= 0.3 is 5.97 Å². The summed E-state index contributed by atoms with van der Waals surface area (Å²) >= 11 is 0. The summed E-state index contributed by atoms with van der Waals surface area (Å²) in [5, 5.41) is 12.2. The molecular weight excluding hydrogens is 237 g/mol. The molecule has 7 heteroatoms. The Balaban J connectivity index is 2.49. The molecule has 0 bridgehead atoms. The van der Waals surface area contributed by atoms with Crippen molar-refractivity contribution in [2.75, 3.05) is 0 Å². The zero-order chi connectivity index (χ0) is 12.6. The lowest BCUT2D eigenvalue weighted by Gasteiger charge is -2.02. The van der Waals surface area contributed by atoms with Crippen molar-refractivity contribution in [1.82, 2.24) is 9.78 Å². The van der Waals surface area contributed by atoms with E-state index in [-0.39, 0.29) is 11.4 Å². The summed E-state index contributed by atoms with van der Waals surface area (Å²) in [5.74, 6) is -5.59. The van der Waals surface area contributed by atoms with E-state index in [1.54, 1.807) is 0 Å². The first-order valence-corrected chi connectivity index (χ1v) is 4.43. The van der Waals surface area contributed by atoms with Crippen LogP contribution >= 0.6 is 0 Å². The average molecular weight is 242 g/mol. The van der Waals surface area contributed by atoms with Gasteiger partial charge in [-0.3, -0.25) is 0 Å². The molecule has 0 radical (unpaired) electrons. The Bertz CT molecular complexity index is 572. The predicted molar refractivity (Wildman–Crippen MR) is 50.4 cm³/mol. The van der Waals surface area contributed by atoms with E-state index < -0.39 is 23.4 Å². The molecule has 88 valence electrons. The molecule has 1 N–H and O–H groups in total. The van der Waals surface area contributed by atoms with Crippen molar-refractivity contribution in [3.05, 3.63) is 47.5 Å². The van der Waals surface area contributed by atoms with E-state index in [1.165, 1.54) is 6.20 Å². The summed E-state index contributed by atoms with van der Waals surface area (Å²) in [6, 6.07) is 2.59. The number of carboxylic acids is 1. The van der Waals surface area contributed by atoms with Gasteiger partial charge in [-0.25, -0.2) is 22.6 Å². The molecule has 0 saturated carbocycles. The van der Waals surface area contributed by atoms with E-state index in [4.69, 9.17) is 5.11 Å². The second-order valence-corrected chi connectivity index (χ2v) is 3.17. The van der Waals surface area contributed by atoms with E-state index >= 15 is 0 Å². The molecule has 17 heavy (non-hydrogen) atoms. The zero-order valence-corrected chi connectivity index (χ0v) is 8.19. The quantitative estimate of drug-likeness (QED) is 0.819. The Kier molecular flexibility index (Phi) is 2.58. The van der Waals surface area contributed by atoms with Crippen molar-refractivity contribution >= 4 is 5.97 Å². The Morgan fingerprint density at radius 2 is 1.82 bits per heavy atom. The summed E-state index contributed by atoms with van der Waals surface area (Å²) < 4.78 is 39.5. The highest BCUT2D eigenvalue weighted by molar-refractivity contribution is 5.85. The third-order valence-corrected chi connectivity index (χ3v) is 2.04. The number of nitrogens with zero attached hydrogens (tertiary/aromatic N) is 2. The number of carbonyl (C=O) groups is 1. The smallest absolute Gasteiger partial charge is 0.356 e. The van der Waals surface area contributed by atoms with E-state index in [1.807, 2.05) is 0 Å². The lowest BCUT2D eigenvalue weighted by Crippen LogP contribution is -2.03. The van der Waals surface area contributed by atoms with E-state index in [2.05, 4.69) is 5.10 Å². The number of hydrogen-bond donors (Lipinski definition) is 1. The maximum absolute atomic E-state index is 12.9. The first-order valence-electron chi connectivity index (χ1n) is 4.43. The molecule has 0 aliphatic heterocycles. The molecule has 0 aliphatic carbocycles. The van der Waals surface area contributed by atoms with Crippen LogP contribution in [0.15, 0.2) is 24.4 Å². The second kappa shape index (κ2) is 3.93. The third-order valence-electron chi connectivity index (χ3n) is 2.04. The molecule has 1 aromatic heterocycles. The molecule has 2 rings (SSSR count). The van der Waals surface area contributed by atoms with Gasteiger partial charge in [-0.15, -0.1) is 0 Å². The minimum atomic E-state index is -1.58. The number of benzene rings is 1. The molecule has 1 aromatic carbocycles. The fraction of sp³-hybridized carbons (Fsp3) is 0. The highest BCUT2D eigenvalue weighted by atomic mass is 19.2. The van der Waals surface area contributed by atoms with Crippen molar-refractivity contribution in [2.24, 2.45) is 0 Å². The van der Waals surface area contributed by atoms with Crippen LogP contribution in [0.25, 0.3) is 5.69 Å². The Morgan fingerprint density at radius 1 is 1.24 bits per heavy atom. The predicted octanol–water partition coefficient (Wildman–Crippen LogP) is 1.99. The molecule has 0 aliphatic rings. The van der Waals surface area contributed by atoms with Gasteiger partial charge in [-0.1, -0.05) is 0 Å². The van der Waals surface area contributed by atoms with Gasteiger partial charge in [0.1, 0.15) is 0 Å². The standard InChI is InChI=1S/C10H5F3N2O2/c11-6-3-5(4-7(12)9(6)13)15-2-1-8(14-15)10(16)17/h1-4H,(H,16,17). The molecule has 4 nitrogen and oxygen atoms in total. The van der Waals surface area contributed by atoms with Crippen molar-refractivity contribution in [2.45, 2.75) is 0 Å². The van der Waals surface area contributed by atoms with Crippen molar-refractivity contribution in [3.8, 4) is 5.69 Å². The third kappa shape index (κ3) is 1.99. The van der Waals surface area contributed by atoms with Gasteiger partial charge in [-0.05, 0) is 6.07 Å². The minimum Gasteiger partial charge on any atom is -0.476 e.